The highest BCUT2D eigenvalue weighted by molar-refractivity contribution is 6.07. The van der Waals surface area contributed by atoms with E-state index >= 15 is 0 Å². The quantitative estimate of drug-likeness (QED) is 0.0722. The minimum Gasteiger partial charge on any atom is -0.356 e. The molecule has 107 heavy (non-hydrogen) atoms. The van der Waals surface area contributed by atoms with Crippen LogP contribution in [0.15, 0.2) is 171 Å². The standard InChI is InChI=1S/2C30H32N4O2.C27H29N5O2.CH4/c1-5-22-7-11-27(32-18-22)23-12-14-34(15-13-23)30(36)24-8-6-21(4)28(17-24)33-29(35)25-9-10-26(31-19-25)16-20(2)3;1-5-26-10-8-24(18-31-26)22-12-14-34(15-13-22)30(36)23-7-6-21(4)28(17-23)33-29(35)25-9-11-27(32-19-25)16-20(2)3;1-19-3-4-22(27(34)32-15-9-21(10-16-32)20-7-11-28-12-8-20)17-24(19)30-26(33)23-5-6-25(29-18-23)31-13-2-14-31;/h1,6-11,17-20,23H,12-16H2,2-4H3,(H,33,35);1,6-11,17-20,22H,12-16H2,2-4H3,(H,33,35);3-8,11-12,17-18,21H,2,9-10,13-16H2,1H3,(H,30,33);1H4. The number of nitrogens with zero attached hydrogens (tertiary/aromatic N) is 10. The van der Waals surface area contributed by atoms with E-state index in [1.54, 1.807) is 61.2 Å². The topological polar surface area (TPSA) is 229 Å². The van der Waals surface area contributed by atoms with Crippen LogP contribution in [-0.4, -0.2) is 132 Å². The molecule has 6 aromatic heterocycles. The third-order valence-electron chi connectivity index (χ3n) is 20.1. The first-order chi connectivity index (χ1) is 51.2. The Kier molecular flexibility index (Phi) is 26.8. The Morgan fingerprint density at radius 3 is 1.20 bits per heavy atom. The van der Waals surface area contributed by atoms with Gasteiger partial charge >= 0.3 is 0 Å². The molecule has 9 aromatic rings. The van der Waals surface area contributed by atoms with Gasteiger partial charge in [-0.25, -0.2) is 9.97 Å². The summed E-state index contributed by atoms with van der Waals surface area (Å²) in [6.07, 6.45) is 31.1. The zero-order valence-corrected chi connectivity index (χ0v) is 61.6. The number of hydrogen-bond acceptors (Lipinski definition) is 13. The summed E-state index contributed by atoms with van der Waals surface area (Å²) in [5.74, 6) is 7.42. The number of likely N-dealkylation sites (tertiary alicyclic amines) is 3. The average Bonchev–Trinajstić information content (AvgIpc) is 0.827. The molecule has 6 amide bonds. The molecule has 3 N–H and O–H groups in total. The average molecular weight is 1430 g/mol. The highest BCUT2D eigenvalue weighted by Gasteiger charge is 2.30. The van der Waals surface area contributed by atoms with Crippen LogP contribution in [0.3, 0.4) is 0 Å². The number of aryl methyl sites for hydroxylation is 3. The van der Waals surface area contributed by atoms with Crippen LogP contribution >= 0.6 is 0 Å². The van der Waals surface area contributed by atoms with Crippen molar-refractivity contribution in [2.24, 2.45) is 11.8 Å². The molecular weight excluding hydrogens is 1340 g/mol. The van der Waals surface area contributed by atoms with Gasteiger partial charge in [-0.15, -0.1) is 12.8 Å². The first-order valence-corrected chi connectivity index (χ1v) is 36.8. The van der Waals surface area contributed by atoms with Gasteiger partial charge in [0.1, 0.15) is 11.5 Å². The molecule has 4 aliphatic heterocycles. The van der Waals surface area contributed by atoms with Crippen LogP contribution in [0.1, 0.15) is 216 Å². The molecule has 10 heterocycles. The first kappa shape index (κ1) is 77.9. The molecule has 0 atom stereocenters. The lowest BCUT2D eigenvalue weighted by Crippen LogP contribution is -2.38. The number of nitrogens with one attached hydrogen (secondary N) is 3. The summed E-state index contributed by atoms with van der Waals surface area (Å²) in [6, 6.07) is 39.4. The number of piperidine rings is 3. The Bertz CT molecular complexity index is 4440. The van der Waals surface area contributed by atoms with Crippen LogP contribution in [0, 0.1) is 57.3 Å². The smallest absolute Gasteiger partial charge is 0.257 e. The third-order valence-corrected chi connectivity index (χ3v) is 20.1. The lowest BCUT2D eigenvalue weighted by molar-refractivity contribution is 0.0705. The van der Waals surface area contributed by atoms with Crippen LogP contribution in [0.5, 0.6) is 0 Å². The second-order valence-electron chi connectivity index (χ2n) is 28.7. The molecule has 0 spiro atoms. The fourth-order valence-electron chi connectivity index (χ4n) is 13.6. The summed E-state index contributed by atoms with van der Waals surface area (Å²) < 4.78 is 0. The zero-order chi connectivity index (χ0) is 74.8. The molecule has 13 rings (SSSR count). The monoisotopic (exact) mass is 1430 g/mol. The normalized spacial score (nSPS) is 14.5. The van der Waals surface area contributed by atoms with E-state index in [4.69, 9.17) is 12.8 Å². The van der Waals surface area contributed by atoms with Gasteiger partial charge in [0.15, 0.2) is 0 Å². The van der Waals surface area contributed by atoms with Crippen LogP contribution in [0.2, 0.25) is 0 Å². The predicted molar refractivity (Wildman–Crippen MR) is 423 cm³/mol. The zero-order valence-electron chi connectivity index (χ0n) is 61.6. The van der Waals surface area contributed by atoms with Gasteiger partial charge in [0.05, 0.1) is 16.7 Å². The molecule has 4 fully saturated rings. The summed E-state index contributed by atoms with van der Waals surface area (Å²) in [5, 5.41) is 8.86. The summed E-state index contributed by atoms with van der Waals surface area (Å²) in [6.45, 7) is 20.4. The van der Waals surface area contributed by atoms with E-state index in [2.05, 4.69) is 102 Å². The van der Waals surface area contributed by atoms with E-state index < -0.39 is 0 Å². The van der Waals surface area contributed by atoms with Crippen LogP contribution in [0.25, 0.3) is 0 Å². The summed E-state index contributed by atoms with van der Waals surface area (Å²) in [7, 11) is 0. The van der Waals surface area contributed by atoms with Crippen LogP contribution in [-0.2, 0) is 12.8 Å². The van der Waals surface area contributed by atoms with E-state index in [1.807, 2.05) is 133 Å². The van der Waals surface area contributed by atoms with E-state index in [0.29, 0.717) is 112 Å². The van der Waals surface area contributed by atoms with Gasteiger partial charge in [-0.2, -0.15) is 0 Å². The largest absolute Gasteiger partial charge is 0.356 e. The highest BCUT2D eigenvalue weighted by atomic mass is 16.2. The molecule has 19 nitrogen and oxygen atoms in total. The number of terminal acetylenes is 2. The number of pyridine rings is 6. The van der Waals surface area contributed by atoms with Gasteiger partial charge in [-0.1, -0.05) is 71.2 Å². The first-order valence-electron chi connectivity index (χ1n) is 36.8. The lowest BCUT2D eigenvalue weighted by atomic mass is 9.90. The molecular formula is C88H97N13O6. The van der Waals surface area contributed by atoms with Gasteiger partial charge < -0.3 is 35.6 Å². The van der Waals surface area contributed by atoms with Gasteiger partial charge in [0, 0.05) is 158 Å². The Morgan fingerprint density at radius 2 is 0.850 bits per heavy atom. The number of hydrogen-bond donors (Lipinski definition) is 3. The van der Waals surface area contributed by atoms with Crippen LogP contribution < -0.4 is 20.9 Å². The van der Waals surface area contributed by atoms with E-state index in [0.717, 1.165) is 128 Å². The predicted octanol–water partition coefficient (Wildman–Crippen LogP) is 15.4. The van der Waals surface area contributed by atoms with Crippen molar-refractivity contribution in [2.45, 2.75) is 131 Å². The third kappa shape index (κ3) is 20.6. The molecule has 0 aliphatic carbocycles. The second-order valence-corrected chi connectivity index (χ2v) is 28.7. The van der Waals surface area contributed by atoms with Crippen molar-refractivity contribution in [2.75, 3.05) is 73.2 Å². The molecule has 19 heteroatoms. The fraction of sp³-hybridized carbons (Fsp3) is 0.341. The fourth-order valence-corrected chi connectivity index (χ4v) is 13.6. The Labute approximate surface area is 629 Å². The highest BCUT2D eigenvalue weighted by Crippen LogP contribution is 2.33. The maximum absolute atomic E-state index is 13.2. The molecule has 4 aliphatic rings. The number of aromatic nitrogens is 6. The SMILES string of the molecule is C.C#Cc1ccc(C2CCN(C(=O)c3ccc(C)c(NC(=O)c4ccc(CC(C)C)nc4)c3)CC2)cn1.C#Cc1ccc(C2CCN(C(=O)c3ccc(C)c(NC(=O)c4ccc(CC(C)C)nc4)c3)CC2)nc1.Cc1ccc(C(=O)N2CCC(c3ccncc3)CC2)cc1NC(=O)c1ccc(N2CCC2)nc1. The van der Waals surface area contributed by atoms with E-state index in [1.165, 1.54) is 12.0 Å². The second kappa shape index (κ2) is 36.8. The molecule has 0 bridgehead atoms. The summed E-state index contributed by atoms with van der Waals surface area (Å²) >= 11 is 0. The lowest BCUT2D eigenvalue weighted by Gasteiger charge is -2.32. The number of carbonyl (C=O) groups excluding carboxylic acids is 6. The molecule has 550 valence electrons. The van der Waals surface area contributed by atoms with Crippen molar-refractivity contribution >= 4 is 58.3 Å². The van der Waals surface area contributed by atoms with Crippen LogP contribution in [0.4, 0.5) is 22.9 Å². The number of benzene rings is 3. The Morgan fingerprint density at radius 1 is 0.430 bits per heavy atom. The van der Waals surface area contributed by atoms with E-state index in [-0.39, 0.29) is 42.9 Å². The number of carbonyl (C=O) groups is 6. The summed E-state index contributed by atoms with van der Waals surface area (Å²) in [4.78, 5) is 112. The van der Waals surface area contributed by atoms with Gasteiger partial charge in [0.2, 0.25) is 0 Å². The van der Waals surface area contributed by atoms with Gasteiger partial charge in [-0.05, 0) is 233 Å². The van der Waals surface area contributed by atoms with Crippen molar-refractivity contribution in [3.63, 3.8) is 0 Å². The maximum Gasteiger partial charge on any atom is 0.257 e. The Hall–Kier alpha value is -11.7. The van der Waals surface area contributed by atoms with Crippen molar-refractivity contribution in [1.82, 2.24) is 44.6 Å². The van der Waals surface area contributed by atoms with Crippen molar-refractivity contribution < 1.29 is 28.8 Å². The van der Waals surface area contributed by atoms with Crippen molar-refractivity contribution in [3.8, 4) is 24.7 Å². The molecule has 0 unspecified atom stereocenters. The number of anilines is 4. The maximum atomic E-state index is 13.2. The minimum atomic E-state index is -0.240. The van der Waals surface area contributed by atoms with Crippen molar-refractivity contribution in [1.29, 1.82) is 0 Å². The van der Waals surface area contributed by atoms with Gasteiger partial charge in [0.25, 0.3) is 35.4 Å². The number of rotatable bonds is 17. The molecule has 0 saturated carbocycles. The molecule has 4 saturated heterocycles. The minimum absolute atomic E-state index is 0. The molecule has 0 radical (unpaired) electrons. The van der Waals surface area contributed by atoms with Crippen molar-refractivity contribution in [3.05, 3.63) is 260 Å². The molecule has 3 aromatic carbocycles. The van der Waals surface area contributed by atoms with E-state index in [9.17, 15) is 28.8 Å². The number of amides is 6. The Balaban J connectivity index is 0.000000171. The van der Waals surface area contributed by atoms with Gasteiger partial charge in [-0.3, -0.25) is 48.7 Å². The summed E-state index contributed by atoms with van der Waals surface area (Å²) in [5.41, 5.74) is 14.6.